The van der Waals surface area contributed by atoms with E-state index in [1.54, 1.807) is 11.3 Å². The van der Waals surface area contributed by atoms with E-state index in [0.29, 0.717) is 0 Å². The Morgan fingerprint density at radius 1 is 1.40 bits per heavy atom. The summed E-state index contributed by atoms with van der Waals surface area (Å²) in [6.45, 7) is 2.26. The van der Waals surface area contributed by atoms with Crippen molar-refractivity contribution in [2.75, 3.05) is 0 Å². The van der Waals surface area contributed by atoms with E-state index in [-0.39, 0.29) is 5.91 Å². The minimum Gasteiger partial charge on any atom is -0.266 e. The van der Waals surface area contributed by atoms with Crippen molar-refractivity contribution in [2.24, 2.45) is 11.0 Å². The first kappa shape index (κ1) is 13.8. The lowest BCUT2D eigenvalue weighted by atomic mass is 9.87. The minimum atomic E-state index is -0.0307. The maximum Gasteiger partial charge on any atom is 0.281 e. The lowest BCUT2D eigenvalue weighted by Gasteiger charge is -2.19. The largest absolute Gasteiger partial charge is 0.281 e. The number of hydrazone groups is 1. The fourth-order valence-corrected chi connectivity index (χ4v) is 4.24. The fourth-order valence-electron chi connectivity index (χ4n) is 3.14. The first-order chi connectivity index (χ1) is 9.76. The maximum absolute atomic E-state index is 12.2. The summed E-state index contributed by atoms with van der Waals surface area (Å²) in [4.78, 5) is 14.4. The Morgan fingerprint density at radius 3 is 2.95 bits per heavy atom. The molecule has 4 heteroatoms. The van der Waals surface area contributed by atoms with Gasteiger partial charge in [0.05, 0.1) is 4.88 Å². The van der Waals surface area contributed by atoms with Crippen molar-refractivity contribution in [3.8, 4) is 0 Å². The lowest BCUT2D eigenvalue weighted by molar-refractivity contribution is 0.0958. The molecule has 20 heavy (non-hydrogen) atoms. The number of thiophene rings is 1. The standard InChI is InChI=1S/C16H22N2OS/c1-2-11-7-8-14-12(9-11)10-15(20-14)16(19)18-17-13-5-3-4-6-13/h10-11H,2-9H2,1H3,(H,18,19)/t11-/m0/s1. The zero-order chi connectivity index (χ0) is 13.9. The van der Waals surface area contributed by atoms with Gasteiger partial charge in [-0.2, -0.15) is 5.10 Å². The van der Waals surface area contributed by atoms with Gasteiger partial charge >= 0.3 is 0 Å². The summed E-state index contributed by atoms with van der Waals surface area (Å²) >= 11 is 1.66. The molecule has 1 heterocycles. The number of carbonyl (C=O) groups is 1. The number of nitrogens with one attached hydrogen (secondary N) is 1. The van der Waals surface area contributed by atoms with Gasteiger partial charge in [0.1, 0.15) is 0 Å². The molecule has 1 amide bonds. The van der Waals surface area contributed by atoms with Crippen LogP contribution in [0.3, 0.4) is 0 Å². The highest BCUT2D eigenvalue weighted by Gasteiger charge is 2.22. The van der Waals surface area contributed by atoms with Crippen LogP contribution >= 0.6 is 11.3 Å². The van der Waals surface area contributed by atoms with Crippen molar-refractivity contribution in [1.82, 2.24) is 5.43 Å². The van der Waals surface area contributed by atoms with Gasteiger partial charge in [-0.25, -0.2) is 5.43 Å². The second-order valence-corrected chi connectivity index (χ2v) is 7.04. The summed E-state index contributed by atoms with van der Waals surface area (Å²) in [6, 6.07) is 2.09. The summed E-state index contributed by atoms with van der Waals surface area (Å²) in [7, 11) is 0. The van der Waals surface area contributed by atoms with Crippen molar-refractivity contribution in [3.63, 3.8) is 0 Å². The van der Waals surface area contributed by atoms with E-state index in [2.05, 4.69) is 23.5 Å². The Balaban J connectivity index is 1.67. The Morgan fingerprint density at radius 2 is 2.20 bits per heavy atom. The normalized spacial score (nSPS) is 21.6. The van der Waals surface area contributed by atoms with Crippen LogP contribution in [0.1, 0.15) is 65.6 Å². The molecule has 0 saturated heterocycles. The number of carbonyl (C=O) groups excluding carboxylic acids is 1. The van der Waals surface area contributed by atoms with Crippen molar-refractivity contribution in [2.45, 2.75) is 58.3 Å². The number of hydrogen-bond donors (Lipinski definition) is 1. The van der Waals surface area contributed by atoms with Crippen molar-refractivity contribution >= 4 is 23.0 Å². The summed E-state index contributed by atoms with van der Waals surface area (Å²) in [6.07, 6.45) is 9.29. The topological polar surface area (TPSA) is 41.5 Å². The molecule has 1 saturated carbocycles. The van der Waals surface area contributed by atoms with Gasteiger partial charge in [-0.1, -0.05) is 13.3 Å². The lowest BCUT2D eigenvalue weighted by Crippen LogP contribution is -2.17. The van der Waals surface area contributed by atoms with Gasteiger partial charge in [-0.15, -0.1) is 11.3 Å². The summed E-state index contributed by atoms with van der Waals surface area (Å²) in [5.41, 5.74) is 5.27. The van der Waals surface area contributed by atoms with Crippen molar-refractivity contribution < 1.29 is 4.79 Å². The Kier molecular flexibility index (Phi) is 4.20. The number of aryl methyl sites for hydroxylation is 1. The third kappa shape index (κ3) is 2.95. The highest BCUT2D eigenvalue weighted by Crippen LogP contribution is 2.33. The van der Waals surface area contributed by atoms with E-state index in [0.717, 1.165) is 42.2 Å². The number of rotatable bonds is 3. The summed E-state index contributed by atoms with van der Waals surface area (Å²) < 4.78 is 0. The molecule has 0 aliphatic heterocycles. The van der Waals surface area contributed by atoms with E-state index < -0.39 is 0 Å². The van der Waals surface area contributed by atoms with E-state index in [4.69, 9.17) is 0 Å². The second kappa shape index (κ2) is 6.08. The first-order valence-corrected chi connectivity index (χ1v) is 8.55. The molecule has 0 unspecified atom stereocenters. The number of fused-ring (bicyclic) bond motifs is 1. The van der Waals surface area contributed by atoms with Crippen LogP contribution in [0, 0.1) is 5.92 Å². The zero-order valence-electron chi connectivity index (χ0n) is 12.1. The molecule has 2 aliphatic carbocycles. The minimum absolute atomic E-state index is 0.0307. The van der Waals surface area contributed by atoms with Crippen LogP contribution in [0.4, 0.5) is 0 Å². The molecule has 0 bridgehead atoms. The van der Waals surface area contributed by atoms with Crippen LogP contribution in [-0.4, -0.2) is 11.6 Å². The average Bonchev–Trinajstić information content (AvgIpc) is 3.12. The van der Waals surface area contributed by atoms with E-state index in [1.165, 1.54) is 36.1 Å². The Hall–Kier alpha value is -1.16. The van der Waals surface area contributed by atoms with Gasteiger partial charge in [0.15, 0.2) is 0 Å². The van der Waals surface area contributed by atoms with Crippen molar-refractivity contribution in [1.29, 1.82) is 0 Å². The zero-order valence-corrected chi connectivity index (χ0v) is 12.9. The monoisotopic (exact) mass is 290 g/mol. The molecule has 1 N–H and O–H groups in total. The number of amides is 1. The summed E-state index contributed by atoms with van der Waals surface area (Å²) in [5.74, 6) is 0.767. The smallest absolute Gasteiger partial charge is 0.266 e. The third-order valence-corrected chi connectivity index (χ3v) is 5.72. The van der Waals surface area contributed by atoms with Gasteiger partial charge in [0, 0.05) is 10.6 Å². The van der Waals surface area contributed by atoms with E-state index in [9.17, 15) is 4.79 Å². The molecular weight excluding hydrogens is 268 g/mol. The summed E-state index contributed by atoms with van der Waals surface area (Å²) in [5, 5.41) is 4.26. The van der Waals surface area contributed by atoms with E-state index in [1.807, 2.05) is 0 Å². The first-order valence-electron chi connectivity index (χ1n) is 7.73. The van der Waals surface area contributed by atoms with Gasteiger partial charge in [0.25, 0.3) is 5.91 Å². The van der Waals surface area contributed by atoms with Gasteiger partial charge in [0.2, 0.25) is 0 Å². The molecule has 1 aromatic rings. The fraction of sp³-hybridized carbons (Fsp3) is 0.625. The third-order valence-electron chi connectivity index (χ3n) is 4.48. The molecule has 3 rings (SSSR count). The van der Waals surface area contributed by atoms with Crippen LogP contribution in [0.25, 0.3) is 0 Å². The Bertz CT molecular complexity index is 525. The van der Waals surface area contributed by atoms with E-state index >= 15 is 0 Å². The number of hydrogen-bond acceptors (Lipinski definition) is 3. The van der Waals surface area contributed by atoms with Crippen LogP contribution in [0.15, 0.2) is 11.2 Å². The van der Waals surface area contributed by atoms with Crippen LogP contribution in [0.2, 0.25) is 0 Å². The predicted molar refractivity (Wildman–Crippen MR) is 83.5 cm³/mol. The maximum atomic E-state index is 12.2. The average molecular weight is 290 g/mol. The number of nitrogens with zero attached hydrogens (tertiary/aromatic N) is 1. The highest BCUT2D eigenvalue weighted by atomic mass is 32.1. The molecule has 3 nitrogen and oxygen atoms in total. The molecule has 0 radical (unpaired) electrons. The molecule has 108 valence electrons. The second-order valence-electron chi connectivity index (χ2n) is 5.90. The van der Waals surface area contributed by atoms with Gasteiger partial charge < -0.3 is 0 Å². The Labute approximate surface area is 124 Å². The molecule has 1 fully saturated rings. The van der Waals surface area contributed by atoms with Gasteiger partial charge in [-0.05, 0) is 62.5 Å². The highest BCUT2D eigenvalue weighted by molar-refractivity contribution is 7.14. The molecule has 1 atom stereocenters. The van der Waals surface area contributed by atoms with Crippen LogP contribution in [-0.2, 0) is 12.8 Å². The van der Waals surface area contributed by atoms with Crippen LogP contribution in [0.5, 0.6) is 0 Å². The predicted octanol–water partition coefficient (Wildman–Crippen LogP) is 3.92. The molecule has 0 aromatic carbocycles. The molecular formula is C16H22N2OS. The SMILES string of the molecule is CC[C@H]1CCc2sc(C(=O)NN=C3CCCC3)cc2C1. The van der Waals surface area contributed by atoms with Gasteiger partial charge in [-0.3, -0.25) is 4.79 Å². The van der Waals surface area contributed by atoms with Crippen molar-refractivity contribution in [3.05, 3.63) is 21.4 Å². The molecule has 0 spiro atoms. The quantitative estimate of drug-likeness (QED) is 0.842. The molecule has 1 aromatic heterocycles. The van der Waals surface area contributed by atoms with Crippen LogP contribution < -0.4 is 5.43 Å². The molecule has 2 aliphatic rings.